The van der Waals surface area contributed by atoms with E-state index in [1.165, 1.54) is 13.3 Å². The minimum Gasteiger partial charge on any atom is -0.492 e. The number of anilines is 1. The third-order valence-electron chi connectivity index (χ3n) is 10.6. The summed E-state index contributed by atoms with van der Waals surface area (Å²) >= 11 is 0. The maximum atomic E-state index is 15.7. The highest BCUT2D eigenvalue weighted by Gasteiger charge is 2.34. The van der Waals surface area contributed by atoms with Crippen molar-refractivity contribution in [3.05, 3.63) is 93.3 Å². The van der Waals surface area contributed by atoms with Crippen molar-refractivity contribution in [3.63, 3.8) is 0 Å². The van der Waals surface area contributed by atoms with Gasteiger partial charge in [-0.05, 0) is 44.4 Å². The van der Waals surface area contributed by atoms with E-state index >= 15 is 4.39 Å². The fourth-order valence-electron chi connectivity index (χ4n) is 7.56. The molecule has 3 aliphatic rings. The Balaban J connectivity index is 0.843. The van der Waals surface area contributed by atoms with Gasteiger partial charge in [-0.15, -0.1) is 0 Å². The van der Waals surface area contributed by atoms with Crippen LogP contribution in [0, 0.1) is 5.82 Å². The maximum absolute atomic E-state index is 15.7. The summed E-state index contributed by atoms with van der Waals surface area (Å²) in [5.41, 5.74) is 1.35. The molecule has 7 rings (SSSR count). The van der Waals surface area contributed by atoms with Crippen LogP contribution in [-0.2, 0) is 39.9 Å². The van der Waals surface area contributed by atoms with Gasteiger partial charge in [0, 0.05) is 62.1 Å². The van der Waals surface area contributed by atoms with Gasteiger partial charge in [0.05, 0.1) is 55.7 Å². The topological polar surface area (TPSA) is 174 Å². The number of aromatic nitrogens is 2. The molecule has 1 N–H and O–H groups in total. The molecule has 15 nitrogen and oxygen atoms in total. The second-order valence-electron chi connectivity index (χ2n) is 14.6. The molecule has 2 fully saturated rings. The minimum absolute atomic E-state index is 0.00878. The second-order valence-corrected chi connectivity index (χ2v) is 14.6. The van der Waals surface area contributed by atoms with Gasteiger partial charge in [-0.25, -0.2) is 9.18 Å². The molecule has 2 aliphatic heterocycles. The molecule has 0 radical (unpaired) electrons. The highest BCUT2D eigenvalue weighted by molar-refractivity contribution is 6.08. The third-order valence-corrected chi connectivity index (χ3v) is 10.6. The Morgan fingerprint density at radius 1 is 0.897 bits per heavy atom. The van der Waals surface area contributed by atoms with Gasteiger partial charge in [0.15, 0.2) is 11.6 Å². The van der Waals surface area contributed by atoms with Gasteiger partial charge in [-0.1, -0.05) is 30.3 Å². The van der Waals surface area contributed by atoms with Gasteiger partial charge in [0.25, 0.3) is 0 Å². The van der Waals surface area contributed by atoms with Gasteiger partial charge in [0.1, 0.15) is 11.3 Å². The SMILES string of the molecule is COc1c(N2CCNC(C)C2)c(F)cc2c(=O)c(C(=O)OCOC(=O)CCC(=O)OCCCOC(=O)C3CCn4c(C(=O)c5ccccc5)ccc43)cn(C3CC3)c12. The first-order valence-electron chi connectivity index (χ1n) is 19.4. The Kier molecular flexibility index (Phi) is 12.2. The minimum atomic E-state index is -1.06. The number of rotatable bonds is 16. The van der Waals surface area contributed by atoms with Crippen molar-refractivity contribution in [3.8, 4) is 5.75 Å². The van der Waals surface area contributed by atoms with Gasteiger partial charge in [-0.2, -0.15) is 0 Å². The number of methoxy groups -OCH3 is 1. The van der Waals surface area contributed by atoms with Crippen LogP contribution in [0.2, 0.25) is 0 Å². The van der Waals surface area contributed by atoms with E-state index in [2.05, 4.69) is 5.32 Å². The summed E-state index contributed by atoms with van der Waals surface area (Å²) in [6.07, 6.45) is 3.03. The smallest absolute Gasteiger partial charge is 0.346 e. The Hall–Kier alpha value is -6.03. The number of nitrogens with zero attached hydrogens (tertiary/aromatic N) is 3. The molecule has 4 heterocycles. The van der Waals surface area contributed by atoms with E-state index in [1.54, 1.807) is 41.0 Å². The summed E-state index contributed by atoms with van der Waals surface area (Å²) in [7, 11) is 1.42. The van der Waals surface area contributed by atoms with E-state index in [0.717, 1.165) is 24.6 Å². The predicted octanol–water partition coefficient (Wildman–Crippen LogP) is 4.42. The summed E-state index contributed by atoms with van der Waals surface area (Å²) < 4.78 is 45.7. The van der Waals surface area contributed by atoms with Crippen LogP contribution in [-0.4, -0.2) is 91.6 Å². The summed E-state index contributed by atoms with van der Waals surface area (Å²) in [6, 6.07) is 13.6. The van der Waals surface area contributed by atoms with Crippen LogP contribution in [0.25, 0.3) is 10.9 Å². The zero-order chi connectivity index (χ0) is 40.9. The maximum Gasteiger partial charge on any atom is 0.346 e. The molecular formula is C42H45FN4O11. The number of benzene rings is 2. The molecule has 58 heavy (non-hydrogen) atoms. The molecule has 0 amide bonds. The van der Waals surface area contributed by atoms with Crippen LogP contribution < -0.4 is 20.4 Å². The Bertz CT molecular complexity index is 2280. The number of ketones is 1. The van der Waals surface area contributed by atoms with Crippen molar-refractivity contribution >= 4 is 46.3 Å². The van der Waals surface area contributed by atoms with E-state index < -0.39 is 47.8 Å². The third kappa shape index (κ3) is 8.61. The molecular weight excluding hydrogens is 755 g/mol. The Morgan fingerprint density at radius 2 is 1.64 bits per heavy atom. The molecule has 0 spiro atoms. The van der Waals surface area contributed by atoms with Crippen LogP contribution in [0.4, 0.5) is 10.1 Å². The number of fused-ring (bicyclic) bond motifs is 2. The van der Waals surface area contributed by atoms with E-state index in [1.807, 2.05) is 22.5 Å². The van der Waals surface area contributed by atoms with Gasteiger partial charge in [0.2, 0.25) is 18.0 Å². The van der Waals surface area contributed by atoms with Crippen molar-refractivity contribution in [1.29, 1.82) is 0 Å². The van der Waals surface area contributed by atoms with E-state index in [-0.39, 0.29) is 72.7 Å². The van der Waals surface area contributed by atoms with Gasteiger partial charge >= 0.3 is 23.9 Å². The number of carbonyl (C=O) groups excluding carboxylic acids is 5. The van der Waals surface area contributed by atoms with E-state index in [0.29, 0.717) is 49.4 Å². The lowest BCUT2D eigenvalue weighted by atomic mass is 10.1. The monoisotopic (exact) mass is 800 g/mol. The van der Waals surface area contributed by atoms with Crippen LogP contribution in [0.3, 0.4) is 0 Å². The predicted molar refractivity (Wildman–Crippen MR) is 206 cm³/mol. The van der Waals surface area contributed by atoms with Gasteiger partial charge < -0.3 is 43.0 Å². The number of carbonyl (C=O) groups is 5. The fourth-order valence-corrected chi connectivity index (χ4v) is 7.56. The largest absolute Gasteiger partial charge is 0.492 e. The number of halogens is 1. The lowest BCUT2D eigenvalue weighted by Gasteiger charge is -2.35. The number of hydrogen-bond acceptors (Lipinski definition) is 13. The van der Waals surface area contributed by atoms with Crippen molar-refractivity contribution in [2.24, 2.45) is 0 Å². The number of nitrogens with one attached hydrogen (secondary N) is 1. The quantitative estimate of drug-likeness (QED) is 0.0556. The van der Waals surface area contributed by atoms with Crippen LogP contribution in [0.1, 0.15) is 89.5 Å². The van der Waals surface area contributed by atoms with E-state index in [4.69, 9.17) is 23.7 Å². The summed E-state index contributed by atoms with van der Waals surface area (Å²) in [4.78, 5) is 78.8. The number of pyridine rings is 1. The van der Waals surface area contributed by atoms with Crippen LogP contribution in [0.15, 0.2) is 59.5 Å². The average molecular weight is 801 g/mol. The van der Waals surface area contributed by atoms with Crippen molar-refractivity contribution in [2.75, 3.05) is 51.7 Å². The zero-order valence-electron chi connectivity index (χ0n) is 32.3. The Morgan fingerprint density at radius 3 is 2.36 bits per heavy atom. The first kappa shape index (κ1) is 40.2. The molecule has 0 bridgehead atoms. The molecule has 4 aromatic rings. The van der Waals surface area contributed by atoms with Gasteiger partial charge in [-0.3, -0.25) is 24.0 Å². The standard InChI is InChI=1S/C42H45FN4O11/c1-25-22-45(18-16-44-25)37-31(43)21-29-36(40(37)54-2)47(27-9-10-27)23-30(39(29)51)42(53)58-24-57-35(49)14-13-34(48)55-19-6-20-56-41(52)28-15-17-46-32(28)11-12-33(46)38(50)26-7-4-3-5-8-26/h3-5,7-8,11-12,21,23,25,27-28,44H,6,9-10,13-20,22,24H2,1-2H3. The van der Waals surface area contributed by atoms with E-state index in [9.17, 15) is 28.8 Å². The highest BCUT2D eigenvalue weighted by atomic mass is 19.1. The molecule has 1 saturated carbocycles. The summed E-state index contributed by atoms with van der Waals surface area (Å²) in [5.74, 6) is -4.07. The normalized spacial score (nSPS) is 17.4. The molecule has 1 saturated heterocycles. The molecule has 2 unspecified atom stereocenters. The van der Waals surface area contributed by atoms with Crippen LogP contribution >= 0.6 is 0 Å². The second kappa shape index (κ2) is 17.6. The average Bonchev–Trinajstić information content (AvgIpc) is 3.85. The molecule has 2 aromatic carbocycles. The van der Waals surface area contributed by atoms with Crippen molar-refractivity contribution in [1.82, 2.24) is 14.5 Å². The highest BCUT2D eigenvalue weighted by Crippen LogP contribution is 2.44. The van der Waals surface area contributed by atoms with Crippen LogP contribution in [0.5, 0.6) is 5.75 Å². The Labute approximate surface area is 332 Å². The number of piperazine rings is 1. The molecule has 2 atom stereocenters. The summed E-state index contributed by atoms with van der Waals surface area (Å²) in [5, 5.41) is 3.29. The number of esters is 4. The lowest BCUT2D eigenvalue weighted by Crippen LogP contribution is -2.49. The molecule has 306 valence electrons. The lowest BCUT2D eigenvalue weighted by molar-refractivity contribution is -0.156. The van der Waals surface area contributed by atoms with Crippen molar-refractivity contribution in [2.45, 2.75) is 70.0 Å². The molecule has 16 heteroatoms. The zero-order valence-corrected chi connectivity index (χ0v) is 32.3. The first-order chi connectivity index (χ1) is 28.0. The fraction of sp³-hybridized carbons (Fsp3) is 0.429. The molecule has 1 aliphatic carbocycles. The number of hydrogen-bond donors (Lipinski definition) is 1. The van der Waals surface area contributed by atoms with Crippen molar-refractivity contribution < 1.29 is 52.0 Å². The number of ether oxygens (including phenoxy) is 5. The molecule has 2 aromatic heterocycles. The summed E-state index contributed by atoms with van der Waals surface area (Å²) in [6.45, 7) is 3.39. The first-order valence-corrected chi connectivity index (χ1v) is 19.4.